The Hall–Kier alpha value is -0.860. The molecule has 1 aliphatic carbocycles. The smallest absolute Gasteiger partial charge is 0.316 e. The van der Waals surface area contributed by atoms with Crippen LogP contribution < -0.4 is 0 Å². The highest BCUT2D eigenvalue weighted by molar-refractivity contribution is 6.00. The second-order valence-corrected chi connectivity index (χ2v) is 4.73. The number of rotatable bonds is 5. The van der Waals surface area contributed by atoms with Gasteiger partial charge in [0.15, 0.2) is 0 Å². The maximum absolute atomic E-state index is 12.1. The van der Waals surface area contributed by atoms with Crippen molar-refractivity contribution in [2.24, 2.45) is 17.8 Å². The number of ketones is 1. The molecule has 1 rings (SSSR count). The molecule has 3 heteroatoms. The van der Waals surface area contributed by atoms with Crippen molar-refractivity contribution in [3.05, 3.63) is 0 Å². The maximum Gasteiger partial charge on any atom is 0.316 e. The fourth-order valence-electron chi connectivity index (χ4n) is 2.48. The second kappa shape index (κ2) is 6.02. The third-order valence-corrected chi connectivity index (χ3v) is 3.42. The lowest BCUT2D eigenvalue weighted by Gasteiger charge is -2.16. The molecule has 92 valence electrons. The Balaban J connectivity index is 2.58. The number of carbonyl (C=O) groups excluding carboxylic acids is 2. The Kier molecular flexibility index (Phi) is 4.97. The van der Waals surface area contributed by atoms with Gasteiger partial charge in [0.05, 0.1) is 6.61 Å². The van der Waals surface area contributed by atoms with E-state index in [-0.39, 0.29) is 17.7 Å². The summed E-state index contributed by atoms with van der Waals surface area (Å²) in [4.78, 5) is 23.7. The summed E-state index contributed by atoms with van der Waals surface area (Å²) in [6, 6.07) is 0. The minimum Gasteiger partial charge on any atom is -0.465 e. The van der Waals surface area contributed by atoms with Crippen LogP contribution in [-0.2, 0) is 14.3 Å². The number of Topliss-reactive ketones (excluding diaryl/α,β-unsaturated/α-hetero) is 1. The molecule has 1 saturated carbocycles. The molecule has 1 fully saturated rings. The van der Waals surface area contributed by atoms with Crippen LogP contribution in [0.3, 0.4) is 0 Å². The van der Waals surface area contributed by atoms with Gasteiger partial charge in [0.25, 0.3) is 0 Å². The molecule has 0 saturated heterocycles. The fourth-order valence-corrected chi connectivity index (χ4v) is 2.48. The normalized spacial score (nSPS) is 26.4. The van der Waals surface area contributed by atoms with E-state index < -0.39 is 5.92 Å². The molecule has 0 N–H and O–H groups in total. The molecular formula is C13H22O3. The zero-order chi connectivity index (χ0) is 12.1. The summed E-state index contributed by atoms with van der Waals surface area (Å²) >= 11 is 0. The van der Waals surface area contributed by atoms with Gasteiger partial charge in [-0.25, -0.2) is 0 Å². The highest BCUT2D eigenvalue weighted by Gasteiger charge is 2.35. The summed E-state index contributed by atoms with van der Waals surface area (Å²) in [5.41, 5.74) is 0. The Morgan fingerprint density at radius 1 is 1.31 bits per heavy atom. The summed E-state index contributed by atoms with van der Waals surface area (Å²) in [6.07, 6.45) is 3.54. The highest BCUT2D eigenvalue weighted by atomic mass is 16.5. The first-order chi connectivity index (χ1) is 7.60. The molecule has 0 amide bonds. The second-order valence-electron chi connectivity index (χ2n) is 4.73. The third kappa shape index (κ3) is 3.06. The first-order valence-corrected chi connectivity index (χ1v) is 6.30. The molecule has 0 aromatic heterocycles. The molecule has 3 atom stereocenters. The van der Waals surface area contributed by atoms with E-state index in [4.69, 9.17) is 4.74 Å². The van der Waals surface area contributed by atoms with Gasteiger partial charge in [0, 0.05) is 5.92 Å². The van der Waals surface area contributed by atoms with Gasteiger partial charge in [-0.3, -0.25) is 9.59 Å². The number of esters is 1. The van der Waals surface area contributed by atoms with Gasteiger partial charge in [0.1, 0.15) is 11.7 Å². The average molecular weight is 226 g/mol. The van der Waals surface area contributed by atoms with E-state index >= 15 is 0 Å². The van der Waals surface area contributed by atoms with Gasteiger partial charge < -0.3 is 4.74 Å². The molecule has 0 spiro atoms. The average Bonchev–Trinajstić information content (AvgIpc) is 2.66. The summed E-state index contributed by atoms with van der Waals surface area (Å²) < 4.78 is 4.94. The molecule has 1 aliphatic rings. The van der Waals surface area contributed by atoms with E-state index in [1.54, 1.807) is 6.92 Å². The van der Waals surface area contributed by atoms with Crippen LogP contribution in [0.2, 0.25) is 0 Å². The Morgan fingerprint density at radius 3 is 2.44 bits per heavy atom. The molecule has 0 radical (unpaired) electrons. The van der Waals surface area contributed by atoms with E-state index in [9.17, 15) is 9.59 Å². The molecule has 0 bridgehead atoms. The minimum absolute atomic E-state index is 0.0874. The lowest BCUT2D eigenvalue weighted by atomic mass is 9.89. The van der Waals surface area contributed by atoms with Crippen molar-refractivity contribution in [2.45, 2.75) is 46.5 Å². The van der Waals surface area contributed by atoms with E-state index in [0.717, 1.165) is 19.3 Å². The molecular weight excluding hydrogens is 204 g/mol. The summed E-state index contributed by atoms with van der Waals surface area (Å²) in [5, 5.41) is 0. The SMILES string of the molecule is CCOC(=O)C(CC)C(=O)C1CCC(C)C1. The van der Waals surface area contributed by atoms with Gasteiger partial charge in [-0.2, -0.15) is 0 Å². The lowest BCUT2D eigenvalue weighted by Crippen LogP contribution is -2.30. The first kappa shape index (κ1) is 13.2. The van der Waals surface area contributed by atoms with Gasteiger partial charge in [0.2, 0.25) is 0 Å². The van der Waals surface area contributed by atoms with Gasteiger partial charge in [-0.1, -0.05) is 13.8 Å². The number of ether oxygens (including phenoxy) is 1. The van der Waals surface area contributed by atoms with E-state index in [1.807, 2.05) is 6.92 Å². The zero-order valence-corrected chi connectivity index (χ0v) is 10.5. The van der Waals surface area contributed by atoms with Crippen LogP contribution in [0.5, 0.6) is 0 Å². The molecule has 3 nitrogen and oxygen atoms in total. The van der Waals surface area contributed by atoms with Crippen molar-refractivity contribution in [3.63, 3.8) is 0 Å². The van der Waals surface area contributed by atoms with Crippen molar-refractivity contribution >= 4 is 11.8 Å². The van der Waals surface area contributed by atoms with Crippen LogP contribution in [0.4, 0.5) is 0 Å². The third-order valence-electron chi connectivity index (χ3n) is 3.42. The van der Waals surface area contributed by atoms with Gasteiger partial charge >= 0.3 is 5.97 Å². The van der Waals surface area contributed by atoms with Crippen LogP contribution in [0.1, 0.15) is 46.5 Å². The molecule has 0 aromatic rings. The van der Waals surface area contributed by atoms with Crippen LogP contribution in [-0.4, -0.2) is 18.4 Å². The van der Waals surface area contributed by atoms with Crippen molar-refractivity contribution in [1.82, 2.24) is 0 Å². The quantitative estimate of drug-likeness (QED) is 0.534. The van der Waals surface area contributed by atoms with Crippen molar-refractivity contribution < 1.29 is 14.3 Å². The van der Waals surface area contributed by atoms with Crippen molar-refractivity contribution in [3.8, 4) is 0 Å². The molecule has 16 heavy (non-hydrogen) atoms. The molecule has 3 unspecified atom stereocenters. The van der Waals surface area contributed by atoms with Crippen LogP contribution >= 0.6 is 0 Å². The summed E-state index contributed by atoms with van der Waals surface area (Å²) in [6.45, 7) is 6.16. The van der Waals surface area contributed by atoms with Crippen molar-refractivity contribution in [1.29, 1.82) is 0 Å². The monoisotopic (exact) mass is 226 g/mol. The lowest BCUT2D eigenvalue weighted by molar-refractivity contribution is -0.152. The predicted octanol–water partition coefficient (Wildman–Crippen LogP) is 2.58. The van der Waals surface area contributed by atoms with Gasteiger partial charge in [-0.05, 0) is 38.5 Å². The van der Waals surface area contributed by atoms with Gasteiger partial charge in [-0.15, -0.1) is 0 Å². The topological polar surface area (TPSA) is 43.4 Å². The fraction of sp³-hybridized carbons (Fsp3) is 0.846. The standard InChI is InChI=1S/C13H22O3/c1-4-11(13(15)16-5-2)12(14)10-7-6-9(3)8-10/h9-11H,4-8H2,1-3H3. The Bertz CT molecular complexity index is 260. The summed E-state index contributed by atoms with van der Waals surface area (Å²) in [7, 11) is 0. The molecule has 0 aromatic carbocycles. The first-order valence-electron chi connectivity index (χ1n) is 6.30. The molecule has 0 heterocycles. The van der Waals surface area contributed by atoms with E-state index in [2.05, 4.69) is 6.92 Å². The van der Waals surface area contributed by atoms with Crippen LogP contribution in [0.15, 0.2) is 0 Å². The van der Waals surface area contributed by atoms with E-state index in [1.165, 1.54) is 0 Å². The zero-order valence-electron chi connectivity index (χ0n) is 10.5. The van der Waals surface area contributed by atoms with Crippen LogP contribution in [0.25, 0.3) is 0 Å². The maximum atomic E-state index is 12.1. The minimum atomic E-state index is -0.532. The molecule has 0 aliphatic heterocycles. The Labute approximate surface area is 97.5 Å². The largest absolute Gasteiger partial charge is 0.465 e. The van der Waals surface area contributed by atoms with Crippen molar-refractivity contribution in [2.75, 3.05) is 6.61 Å². The van der Waals surface area contributed by atoms with Crippen LogP contribution in [0, 0.1) is 17.8 Å². The van der Waals surface area contributed by atoms with E-state index in [0.29, 0.717) is 18.9 Å². The number of hydrogen-bond donors (Lipinski definition) is 0. The number of carbonyl (C=O) groups is 2. The highest BCUT2D eigenvalue weighted by Crippen LogP contribution is 2.33. The summed E-state index contributed by atoms with van der Waals surface area (Å²) in [5.74, 6) is -0.0619. The number of hydrogen-bond acceptors (Lipinski definition) is 3. The Morgan fingerprint density at radius 2 is 2.00 bits per heavy atom. The predicted molar refractivity (Wildman–Crippen MR) is 61.9 cm³/mol.